The smallest absolute Gasteiger partial charge is 0.439 e. The molecule has 1 aromatic carbocycles. The number of benzene rings is 1. The van der Waals surface area contributed by atoms with Crippen molar-refractivity contribution in [2.45, 2.75) is 44.5 Å². The number of carbonyl (C=O) groups is 1. The summed E-state index contributed by atoms with van der Waals surface area (Å²) in [6, 6.07) is 6.86. The summed E-state index contributed by atoms with van der Waals surface area (Å²) in [6.07, 6.45) is -3.24. The molecule has 1 N–H and O–H groups in total. The Labute approximate surface area is 143 Å². The lowest BCUT2D eigenvalue weighted by molar-refractivity contribution is -0.317. The molecule has 1 aliphatic heterocycles. The molecule has 0 bridgehead atoms. The Morgan fingerprint density at radius 2 is 2.12 bits per heavy atom. The number of para-hydroxylation sites is 1. The first-order chi connectivity index (χ1) is 11.7. The molecule has 0 aromatic heterocycles. The molecule has 2 aliphatic rings. The van der Waals surface area contributed by atoms with Crippen LogP contribution in [0.15, 0.2) is 29.4 Å². The Morgan fingerprint density at radius 3 is 2.80 bits per heavy atom. The van der Waals surface area contributed by atoms with Gasteiger partial charge in [0.15, 0.2) is 6.61 Å². The van der Waals surface area contributed by atoms with Crippen molar-refractivity contribution in [3.8, 4) is 5.75 Å². The van der Waals surface area contributed by atoms with E-state index in [0.717, 1.165) is 5.56 Å². The van der Waals surface area contributed by atoms with Gasteiger partial charge in [0, 0.05) is 5.71 Å². The van der Waals surface area contributed by atoms with Crippen LogP contribution in [0.3, 0.4) is 0 Å². The number of ether oxygens (including phenoxy) is 1. The number of aliphatic hydroxyl groups is 1. The Bertz CT molecular complexity index is 705. The highest BCUT2D eigenvalue weighted by Gasteiger charge is 2.68. The molecule has 1 aromatic rings. The van der Waals surface area contributed by atoms with E-state index in [4.69, 9.17) is 4.74 Å². The maximum absolute atomic E-state index is 13.6. The third kappa shape index (κ3) is 2.99. The lowest BCUT2D eigenvalue weighted by Gasteiger charge is -2.38. The number of nitrogens with zero attached hydrogens (tertiary/aromatic N) is 2. The minimum atomic E-state index is -5.00. The molecule has 3 rings (SSSR count). The fourth-order valence-corrected chi connectivity index (χ4v) is 3.38. The topological polar surface area (TPSA) is 62.1 Å². The van der Waals surface area contributed by atoms with Crippen molar-refractivity contribution in [2.75, 3.05) is 6.61 Å². The molecule has 2 atom stereocenters. The van der Waals surface area contributed by atoms with Crippen LogP contribution >= 0.6 is 0 Å². The van der Waals surface area contributed by atoms with Crippen LogP contribution in [0.2, 0.25) is 0 Å². The van der Waals surface area contributed by atoms with Crippen molar-refractivity contribution >= 4 is 11.6 Å². The first-order valence-electron chi connectivity index (χ1n) is 8.13. The number of carbonyl (C=O) groups excluding carboxylic acids is 1. The van der Waals surface area contributed by atoms with Gasteiger partial charge in [0.05, 0.1) is 5.92 Å². The molecule has 25 heavy (non-hydrogen) atoms. The van der Waals surface area contributed by atoms with Crippen molar-refractivity contribution in [1.82, 2.24) is 5.01 Å². The van der Waals surface area contributed by atoms with E-state index in [1.54, 1.807) is 31.2 Å². The van der Waals surface area contributed by atoms with Gasteiger partial charge in [0.2, 0.25) is 0 Å². The molecule has 1 heterocycles. The highest BCUT2D eigenvalue weighted by molar-refractivity contribution is 5.93. The molecule has 0 unspecified atom stereocenters. The molecule has 0 saturated heterocycles. The molecule has 0 spiro atoms. The number of amides is 1. The summed E-state index contributed by atoms with van der Waals surface area (Å²) in [7, 11) is 0. The summed E-state index contributed by atoms with van der Waals surface area (Å²) in [5.74, 6) is -1.83. The number of rotatable bonds is 3. The number of fused-ring (bicyclic) bond motifs is 1. The monoisotopic (exact) mass is 356 g/mol. The van der Waals surface area contributed by atoms with Crippen LogP contribution in [0.1, 0.15) is 31.2 Å². The van der Waals surface area contributed by atoms with Gasteiger partial charge in [-0.25, -0.2) is 0 Å². The number of hydrogen-bond acceptors (Lipinski definition) is 4. The average molecular weight is 356 g/mol. The normalized spacial score (nSPS) is 26.2. The van der Waals surface area contributed by atoms with Crippen LogP contribution in [-0.4, -0.2) is 40.2 Å². The quantitative estimate of drug-likeness (QED) is 0.906. The maximum atomic E-state index is 13.6. The van der Waals surface area contributed by atoms with Gasteiger partial charge in [-0.05, 0) is 37.8 Å². The van der Waals surface area contributed by atoms with E-state index in [-0.39, 0.29) is 17.1 Å². The van der Waals surface area contributed by atoms with Crippen LogP contribution < -0.4 is 4.74 Å². The second-order valence-corrected chi connectivity index (χ2v) is 6.37. The number of alkyl halides is 3. The van der Waals surface area contributed by atoms with Gasteiger partial charge in [-0.2, -0.15) is 23.3 Å². The van der Waals surface area contributed by atoms with Gasteiger partial charge in [0.1, 0.15) is 5.75 Å². The van der Waals surface area contributed by atoms with Crippen LogP contribution in [0.25, 0.3) is 0 Å². The number of hydrogen-bond donors (Lipinski definition) is 1. The molecular weight excluding hydrogens is 337 g/mol. The highest BCUT2D eigenvalue weighted by atomic mass is 19.4. The molecule has 1 fully saturated rings. The minimum absolute atomic E-state index is 0.150. The Kier molecular flexibility index (Phi) is 4.49. The summed E-state index contributed by atoms with van der Waals surface area (Å²) >= 11 is 0. The minimum Gasteiger partial charge on any atom is -0.483 e. The van der Waals surface area contributed by atoms with Crippen molar-refractivity contribution < 1.29 is 27.8 Å². The zero-order chi connectivity index (χ0) is 18.2. The maximum Gasteiger partial charge on any atom is 0.439 e. The molecule has 1 amide bonds. The largest absolute Gasteiger partial charge is 0.483 e. The van der Waals surface area contributed by atoms with E-state index in [1.165, 1.54) is 0 Å². The third-order valence-corrected chi connectivity index (χ3v) is 4.71. The first kappa shape index (κ1) is 17.7. The standard InChI is InChI=1S/C17H19F3N2O3/c1-11-6-2-5-9-14(11)25-10-15(23)22-16(24,17(18,19)20)12-7-3-4-8-13(12)21-22/h2,5-6,9,12,24H,3-4,7-8,10H2,1H3/t12-,16-/m0/s1. The van der Waals surface area contributed by atoms with Gasteiger partial charge in [-0.15, -0.1) is 0 Å². The number of halogens is 3. The lowest BCUT2D eigenvalue weighted by atomic mass is 9.80. The van der Waals surface area contributed by atoms with Gasteiger partial charge >= 0.3 is 6.18 Å². The van der Waals surface area contributed by atoms with E-state index >= 15 is 0 Å². The summed E-state index contributed by atoms with van der Waals surface area (Å²) in [5, 5.41) is 14.4. The van der Waals surface area contributed by atoms with E-state index in [0.29, 0.717) is 25.0 Å². The molecule has 0 radical (unpaired) electrons. The number of aryl methyl sites for hydroxylation is 1. The lowest BCUT2D eigenvalue weighted by Crippen LogP contribution is -2.62. The predicted octanol–water partition coefficient (Wildman–Crippen LogP) is 3.01. The third-order valence-electron chi connectivity index (χ3n) is 4.71. The van der Waals surface area contributed by atoms with E-state index < -0.39 is 30.3 Å². The molecule has 1 aliphatic carbocycles. The molecule has 8 heteroatoms. The van der Waals surface area contributed by atoms with Crippen molar-refractivity contribution in [2.24, 2.45) is 11.0 Å². The van der Waals surface area contributed by atoms with Gasteiger partial charge in [0.25, 0.3) is 11.6 Å². The van der Waals surface area contributed by atoms with Crippen LogP contribution in [0, 0.1) is 12.8 Å². The Morgan fingerprint density at radius 1 is 1.40 bits per heavy atom. The summed E-state index contributed by atoms with van der Waals surface area (Å²) < 4.78 is 46.1. The van der Waals surface area contributed by atoms with Gasteiger partial charge < -0.3 is 9.84 Å². The van der Waals surface area contributed by atoms with E-state index in [9.17, 15) is 23.1 Å². The van der Waals surface area contributed by atoms with Gasteiger partial charge in [-0.1, -0.05) is 24.6 Å². The van der Waals surface area contributed by atoms with Gasteiger partial charge in [-0.3, -0.25) is 4.79 Å². The van der Waals surface area contributed by atoms with Crippen molar-refractivity contribution in [3.63, 3.8) is 0 Å². The number of hydrazone groups is 1. The predicted molar refractivity (Wildman–Crippen MR) is 83.9 cm³/mol. The fourth-order valence-electron chi connectivity index (χ4n) is 3.38. The summed E-state index contributed by atoms with van der Waals surface area (Å²) in [4.78, 5) is 12.4. The van der Waals surface area contributed by atoms with Crippen LogP contribution in [-0.2, 0) is 4.79 Å². The average Bonchev–Trinajstić information content (AvgIpc) is 2.88. The SMILES string of the molecule is Cc1ccccc1OCC(=O)N1N=C2CCCC[C@@H]2[C@]1(O)C(F)(F)F. The molecule has 136 valence electrons. The summed E-state index contributed by atoms with van der Waals surface area (Å²) in [5.41, 5.74) is -2.31. The van der Waals surface area contributed by atoms with Crippen LogP contribution in [0.4, 0.5) is 13.2 Å². The Hall–Kier alpha value is -2.09. The second-order valence-electron chi connectivity index (χ2n) is 6.37. The summed E-state index contributed by atoms with van der Waals surface area (Å²) in [6.45, 7) is 1.13. The van der Waals surface area contributed by atoms with Crippen molar-refractivity contribution in [1.29, 1.82) is 0 Å². The first-order valence-corrected chi connectivity index (χ1v) is 8.13. The van der Waals surface area contributed by atoms with E-state index in [2.05, 4.69) is 5.10 Å². The zero-order valence-electron chi connectivity index (χ0n) is 13.7. The van der Waals surface area contributed by atoms with Crippen molar-refractivity contribution in [3.05, 3.63) is 29.8 Å². The van der Waals surface area contributed by atoms with E-state index in [1.807, 2.05) is 0 Å². The Balaban J connectivity index is 1.82. The molecule has 5 nitrogen and oxygen atoms in total. The molecule has 1 saturated carbocycles. The fraction of sp³-hybridized carbons (Fsp3) is 0.529. The zero-order valence-corrected chi connectivity index (χ0v) is 13.7. The van der Waals surface area contributed by atoms with Crippen LogP contribution in [0.5, 0.6) is 5.75 Å². The molecular formula is C17H19F3N2O3. The highest BCUT2D eigenvalue weighted by Crippen LogP contribution is 2.48. The second kappa shape index (κ2) is 6.33.